The molecule has 4 nitrogen and oxygen atoms in total. The van der Waals surface area contributed by atoms with Crippen molar-refractivity contribution in [3.63, 3.8) is 0 Å². The maximum absolute atomic E-state index is 11.6. The quantitative estimate of drug-likeness (QED) is 0.858. The lowest BCUT2D eigenvalue weighted by Crippen LogP contribution is -2.03. The smallest absolute Gasteiger partial charge is 0.341 e. The maximum atomic E-state index is 11.6. The molecule has 2 aromatic carbocycles. The van der Waals surface area contributed by atoms with Gasteiger partial charge in [-0.3, -0.25) is 0 Å². The molecule has 0 fully saturated rings. The number of phenols is 1. The van der Waals surface area contributed by atoms with Crippen molar-refractivity contribution in [2.45, 2.75) is 6.92 Å². The van der Waals surface area contributed by atoms with E-state index in [9.17, 15) is 9.90 Å². The summed E-state index contributed by atoms with van der Waals surface area (Å²) in [4.78, 5) is 11.6. The standard InChI is InChI=1S/C15H14O4/c1-10-6-5-9-13(14(10)16)19-12-8-4-3-7-11(12)15(17)18-2/h3-9,16H,1-2H3. The summed E-state index contributed by atoms with van der Waals surface area (Å²) in [5.41, 5.74) is 1.01. The van der Waals surface area contributed by atoms with Crippen LogP contribution in [-0.2, 0) is 4.74 Å². The largest absolute Gasteiger partial charge is 0.504 e. The molecule has 0 aliphatic heterocycles. The van der Waals surface area contributed by atoms with Crippen molar-refractivity contribution in [2.24, 2.45) is 0 Å². The second kappa shape index (κ2) is 5.44. The van der Waals surface area contributed by atoms with Crippen molar-refractivity contribution in [3.8, 4) is 17.2 Å². The lowest BCUT2D eigenvalue weighted by atomic mass is 10.2. The topological polar surface area (TPSA) is 55.8 Å². The van der Waals surface area contributed by atoms with Crippen LogP contribution in [0.1, 0.15) is 15.9 Å². The molecule has 0 radical (unpaired) electrons. The van der Waals surface area contributed by atoms with Gasteiger partial charge in [0.05, 0.1) is 7.11 Å². The van der Waals surface area contributed by atoms with Crippen molar-refractivity contribution in [1.29, 1.82) is 0 Å². The number of para-hydroxylation sites is 2. The summed E-state index contributed by atoms with van der Waals surface area (Å²) in [6, 6.07) is 11.9. The summed E-state index contributed by atoms with van der Waals surface area (Å²) in [5.74, 6) is 0.219. The maximum Gasteiger partial charge on any atom is 0.341 e. The molecule has 1 N–H and O–H groups in total. The average molecular weight is 258 g/mol. The molecule has 0 amide bonds. The second-order valence-electron chi connectivity index (χ2n) is 4.01. The van der Waals surface area contributed by atoms with Crippen LogP contribution in [0, 0.1) is 6.92 Å². The van der Waals surface area contributed by atoms with E-state index >= 15 is 0 Å². The highest BCUT2D eigenvalue weighted by atomic mass is 16.5. The summed E-state index contributed by atoms with van der Waals surface area (Å²) in [6.45, 7) is 1.77. The van der Waals surface area contributed by atoms with Crippen molar-refractivity contribution in [3.05, 3.63) is 53.6 Å². The third-order valence-corrected chi connectivity index (χ3v) is 2.71. The van der Waals surface area contributed by atoms with Crippen LogP contribution in [0.15, 0.2) is 42.5 Å². The van der Waals surface area contributed by atoms with Gasteiger partial charge in [-0.25, -0.2) is 4.79 Å². The Bertz CT molecular complexity index is 605. The van der Waals surface area contributed by atoms with Crippen LogP contribution >= 0.6 is 0 Å². The Kier molecular flexibility index (Phi) is 3.71. The molecule has 98 valence electrons. The van der Waals surface area contributed by atoms with E-state index in [0.29, 0.717) is 22.6 Å². The van der Waals surface area contributed by atoms with Crippen LogP contribution in [0.3, 0.4) is 0 Å². The molecular weight excluding hydrogens is 244 g/mol. The van der Waals surface area contributed by atoms with Crippen LogP contribution in [-0.4, -0.2) is 18.2 Å². The molecule has 0 aliphatic carbocycles. The summed E-state index contributed by atoms with van der Waals surface area (Å²) in [5, 5.41) is 9.90. The van der Waals surface area contributed by atoms with Gasteiger partial charge >= 0.3 is 5.97 Å². The third-order valence-electron chi connectivity index (χ3n) is 2.71. The van der Waals surface area contributed by atoms with Gasteiger partial charge in [0.1, 0.15) is 11.3 Å². The lowest BCUT2D eigenvalue weighted by Gasteiger charge is -2.11. The van der Waals surface area contributed by atoms with Crippen molar-refractivity contribution in [2.75, 3.05) is 7.11 Å². The van der Waals surface area contributed by atoms with E-state index in [0.717, 1.165) is 0 Å². The van der Waals surface area contributed by atoms with Crippen LogP contribution in [0.4, 0.5) is 0 Å². The Labute approximate surface area is 111 Å². The van der Waals surface area contributed by atoms with E-state index in [4.69, 9.17) is 4.74 Å². The van der Waals surface area contributed by atoms with E-state index in [1.54, 1.807) is 49.4 Å². The molecule has 0 aromatic heterocycles. The summed E-state index contributed by atoms with van der Waals surface area (Å²) in [7, 11) is 1.31. The van der Waals surface area contributed by atoms with Gasteiger partial charge in [0.25, 0.3) is 0 Å². The highest BCUT2D eigenvalue weighted by Gasteiger charge is 2.14. The van der Waals surface area contributed by atoms with Gasteiger partial charge in [0, 0.05) is 0 Å². The monoisotopic (exact) mass is 258 g/mol. The molecule has 0 saturated carbocycles. The normalized spacial score (nSPS) is 10.0. The molecule has 2 aromatic rings. The Morgan fingerprint density at radius 1 is 1.05 bits per heavy atom. The Morgan fingerprint density at radius 2 is 1.74 bits per heavy atom. The van der Waals surface area contributed by atoms with Gasteiger partial charge in [-0.2, -0.15) is 0 Å². The number of benzene rings is 2. The number of aryl methyl sites for hydroxylation is 1. The number of esters is 1. The summed E-state index contributed by atoms with van der Waals surface area (Å²) >= 11 is 0. The van der Waals surface area contributed by atoms with Gasteiger partial charge < -0.3 is 14.6 Å². The fourth-order valence-electron chi connectivity index (χ4n) is 1.67. The lowest BCUT2D eigenvalue weighted by molar-refractivity contribution is 0.0598. The Balaban J connectivity index is 2.39. The first kappa shape index (κ1) is 13.0. The first-order chi connectivity index (χ1) is 9.13. The highest BCUT2D eigenvalue weighted by molar-refractivity contribution is 5.92. The number of carbonyl (C=O) groups excluding carboxylic acids is 1. The minimum Gasteiger partial charge on any atom is -0.504 e. The number of hydrogen-bond donors (Lipinski definition) is 1. The Morgan fingerprint density at radius 3 is 2.47 bits per heavy atom. The molecule has 0 saturated heterocycles. The van der Waals surface area contributed by atoms with Gasteiger partial charge in [-0.15, -0.1) is 0 Å². The summed E-state index contributed by atoms with van der Waals surface area (Å²) < 4.78 is 10.3. The van der Waals surface area contributed by atoms with Crippen molar-refractivity contribution >= 4 is 5.97 Å². The number of hydrogen-bond acceptors (Lipinski definition) is 4. The summed E-state index contributed by atoms with van der Waals surface area (Å²) in [6.07, 6.45) is 0. The van der Waals surface area contributed by atoms with Gasteiger partial charge in [-0.05, 0) is 30.7 Å². The molecule has 0 heterocycles. The number of rotatable bonds is 3. The molecule has 4 heteroatoms. The molecule has 2 rings (SSSR count). The van der Waals surface area contributed by atoms with Crippen LogP contribution < -0.4 is 4.74 Å². The van der Waals surface area contributed by atoms with Gasteiger partial charge in [-0.1, -0.05) is 24.3 Å². The van der Waals surface area contributed by atoms with E-state index in [2.05, 4.69) is 4.74 Å². The van der Waals surface area contributed by atoms with E-state index in [-0.39, 0.29) is 5.75 Å². The molecule has 0 aliphatic rings. The molecule has 0 unspecified atom stereocenters. The second-order valence-corrected chi connectivity index (χ2v) is 4.01. The van der Waals surface area contributed by atoms with E-state index < -0.39 is 5.97 Å². The van der Waals surface area contributed by atoms with Gasteiger partial charge in [0.15, 0.2) is 11.5 Å². The zero-order valence-electron chi connectivity index (χ0n) is 10.7. The molecule has 0 atom stereocenters. The number of methoxy groups -OCH3 is 1. The van der Waals surface area contributed by atoms with Crippen LogP contribution in [0.2, 0.25) is 0 Å². The van der Waals surface area contributed by atoms with Crippen molar-refractivity contribution < 1.29 is 19.4 Å². The first-order valence-electron chi connectivity index (χ1n) is 5.77. The predicted molar refractivity (Wildman–Crippen MR) is 70.7 cm³/mol. The van der Waals surface area contributed by atoms with Gasteiger partial charge in [0.2, 0.25) is 0 Å². The highest BCUT2D eigenvalue weighted by Crippen LogP contribution is 2.34. The first-order valence-corrected chi connectivity index (χ1v) is 5.77. The zero-order chi connectivity index (χ0) is 13.8. The van der Waals surface area contributed by atoms with E-state index in [1.165, 1.54) is 7.11 Å². The van der Waals surface area contributed by atoms with Crippen molar-refractivity contribution in [1.82, 2.24) is 0 Å². The zero-order valence-corrected chi connectivity index (χ0v) is 10.7. The molecular formula is C15H14O4. The minimum atomic E-state index is -0.484. The predicted octanol–water partition coefficient (Wildman–Crippen LogP) is 3.28. The average Bonchev–Trinajstić information content (AvgIpc) is 2.43. The van der Waals surface area contributed by atoms with Crippen LogP contribution in [0.5, 0.6) is 17.2 Å². The number of ether oxygens (including phenoxy) is 2. The number of carbonyl (C=O) groups is 1. The SMILES string of the molecule is COC(=O)c1ccccc1Oc1cccc(C)c1O. The van der Waals surface area contributed by atoms with Crippen LogP contribution in [0.25, 0.3) is 0 Å². The fraction of sp³-hybridized carbons (Fsp3) is 0.133. The molecule has 0 bridgehead atoms. The Hall–Kier alpha value is -2.49. The number of phenolic OH excluding ortho intramolecular Hbond substituents is 1. The number of aromatic hydroxyl groups is 1. The van der Waals surface area contributed by atoms with E-state index in [1.807, 2.05) is 0 Å². The molecule has 19 heavy (non-hydrogen) atoms. The minimum absolute atomic E-state index is 0.0576. The molecule has 0 spiro atoms. The fourth-order valence-corrected chi connectivity index (χ4v) is 1.67. The third kappa shape index (κ3) is 2.68.